The number of hydrogen-bond donors (Lipinski definition) is 1. The van der Waals surface area contributed by atoms with E-state index in [-0.39, 0.29) is 6.04 Å². The molecule has 20 heavy (non-hydrogen) atoms. The van der Waals surface area contributed by atoms with Gasteiger partial charge in [-0.15, -0.1) is 0 Å². The van der Waals surface area contributed by atoms with Crippen molar-refractivity contribution in [1.29, 1.82) is 0 Å². The number of anilines is 1. The van der Waals surface area contributed by atoms with Crippen LogP contribution in [-0.4, -0.2) is 23.6 Å². The van der Waals surface area contributed by atoms with Crippen molar-refractivity contribution in [2.24, 2.45) is 11.7 Å². The van der Waals surface area contributed by atoms with Crippen molar-refractivity contribution in [2.45, 2.75) is 65.0 Å². The molecule has 2 rings (SSSR count). The Hall–Kier alpha value is -1.09. The molecule has 1 aromatic rings. The van der Waals surface area contributed by atoms with Crippen LogP contribution in [0, 0.1) is 5.92 Å². The zero-order valence-corrected chi connectivity index (χ0v) is 13.2. The summed E-state index contributed by atoms with van der Waals surface area (Å²) in [6, 6.07) is 5.35. The predicted octanol–water partition coefficient (Wildman–Crippen LogP) is 3.38. The van der Waals surface area contributed by atoms with Crippen LogP contribution in [0.15, 0.2) is 18.3 Å². The van der Waals surface area contributed by atoms with Gasteiger partial charge in [0.1, 0.15) is 5.82 Å². The van der Waals surface area contributed by atoms with Crippen LogP contribution in [0.25, 0.3) is 0 Å². The Morgan fingerprint density at radius 1 is 1.35 bits per heavy atom. The standard InChI is InChI=1S/C17H29N3/c1-4-15(18)11-14-5-8-17(19-12-14)20(16-6-7-16)10-9-13(2)3/h5,8,12-13,15-16H,4,6-7,9-11,18H2,1-3H3. The summed E-state index contributed by atoms with van der Waals surface area (Å²) in [7, 11) is 0. The monoisotopic (exact) mass is 275 g/mol. The predicted molar refractivity (Wildman–Crippen MR) is 86.0 cm³/mol. The smallest absolute Gasteiger partial charge is 0.128 e. The second kappa shape index (κ2) is 7.07. The Morgan fingerprint density at radius 2 is 2.10 bits per heavy atom. The molecule has 0 aromatic carbocycles. The third-order valence-corrected chi connectivity index (χ3v) is 4.06. The fourth-order valence-electron chi connectivity index (χ4n) is 2.42. The van der Waals surface area contributed by atoms with Crippen molar-refractivity contribution < 1.29 is 0 Å². The van der Waals surface area contributed by atoms with Crippen LogP contribution in [-0.2, 0) is 6.42 Å². The number of nitrogens with zero attached hydrogens (tertiary/aromatic N) is 2. The number of hydrogen-bond acceptors (Lipinski definition) is 3. The normalized spacial score (nSPS) is 16.4. The molecule has 0 spiro atoms. The molecule has 2 N–H and O–H groups in total. The van der Waals surface area contributed by atoms with Crippen LogP contribution in [0.3, 0.4) is 0 Å². The highest BCUT2D eigenvalue weighted by molar-refractivity contribution is 5.42. The molecular formula is C17H29N3. The molecule has 0 aliphatic heterocycles. The molecule has 112 valence electrons. The van der Waals surface area contributed by atoms with Crippen molar-refractivity contribution in [3.8, 4) is 0 Å². The molecule has 1 unspecified atom stereocenters. The highest BCUT2D eigenvalue weighted by Gasteiger charge is 2.29. The zero-order chi connectivity index (χ0) is 14.5. The van der Waals surface area contributed by atoms with E-state index < -0.39 is 0 Å². The number of pyridine rings is 1. The largest absolute Gasteiger partial charge is 0.354 e. The maximum atomic E-state index is 6.00. The number of aromatic nitrogens is 1. The van der Waals surface area contributed by atoms with Gasteiger partial charge in [-0.2, -0.15) is 0 Å². The van der Waals surface area contributed by atoms with E-state index in [0.29, 0.717) is 0 Å². The van der Waals surface area contributed by atoms with Gasteiger partial charge in [-0.25, -0.2) is 4.98 Å². The third-order valence-electron chi connectivity index (χ3n) is 4.06. The topological polar surface area (TPSA) is 42.1 Å². The number of rotatable bonds is 8. The molecule has 0 bridgehead atoms. The van der Waals surface area contributed by atoms with E-state index in [9.17, 15) is 0 Å². The summed E-state index contributed by atoms with van der Waals surface area (Å²) < 4.78 is 0. The maximum absolute atomic E-state index is 6.00. The minimum atomic E-state index is 0.253. The summed E-state index contributed by atoms with van der Waals surface area (Å²) in [4.78, 5) is 7.17. The lowest BCUT2D eigenvalue weighted by atomic mass is 10.1. The van der Waals surface area contributed by atoms with E-state index in [2.05, 4.69) is 42.8 Å². The molecule has 1 saturated carbocycles. The molecule has 3 nitrogen and oxygen atoms in total. The average Bonchev–Trinajstić information content (AvgIpc) is 3.25. The molecule has 1 heterocycles. The molecule has 1 atom stereocenters. The first-order valence-electron chi connectivity index (χ1n) is 8.07. The Balaban J connectivity index is 1.98. The first kappa shape index (κ1) is 15.3. The summed E-state index contributed by atoms with van der Waals surface area (Å²) in [6.45, 7) is 7.83. The first-order chi connectivity index (χ1) is 9.60. The Morgan fingerprint density at radius 3 is 2.60 bits per heavy atom. The molecule has 0 amide bonds. The molecule has 1 aliphatic rings. The molecule has 0 saturated heterocycles. The van der Waals surface area contributed by atoms with Gasteiger partial charge in [-0.05, 0) is 49.7 Å². The van der Waals surface area contributed by atoms with Gasteiger partial charge in [0.15, 0.2) is 0 Å². The Kier molecular flexibility index (Phi) is 5.41. The van der Waals surface area contributed by atoms with Crippen molar-refractivity contribution in [3.05, 3.63) is 23.9 Å². The molecule has 1 fully saturated rings. The van der Waals surface area contributed by atoms with E-state index in [4.69, 9.17) is 5.73 Å². The van der Waals surface area contributed by atoms with Gasteiger partial charge in [0, 0.05) is 24.8 Å². The van der Waals surface area contributed by atoms with Gasteiger partial charge in [-0.3, -0.25) is 0 Å². The molecule has 3 heteroatoms. The van der Waals surface area contributed by atoms with E-state index in [0.717, 1.165) is 37.2 Å². The minimum Gasteiger partial charge on any atom is -0.354 e. The zero-order valence-electron chi connectivity index (χ0n) is 13.2. The molecule has 1 aromatic heterocycles. The van der Waals surface area contributed by atoms with Crippen LogP contribution in [0.2, 0.25) is 0 Å². The van der Waals surface area contributed by atoms with Crippen molar-refractivity contribution in [1.82, 2.24) is 4.98 Å². The SMILES string of the molecule is CCC(N)Cc1ccc(N(CCC(C)C)C2CC2)nc1. The fourth-order valence-corrected chi connectivity index (χ4v) is 2.42. The summed E-state index contributed by atoms with van der Waals surface area (Å²) in [5, 5.41) is 0. The minimum absolute atomic E-state index is 0.253. The average molecular weight is 275 g/mol. The summed E-state index contributed by atoms with van der Waals surface area (Å²) in [5.74, 6) is 1.89. The highest BCUT2D eigenvalue weighted by atomic mass is 15.2. The third kappa shape index (κ3) is 4.48. The van der Waals surface area contributed by atoms with Crippen LogP contribution < -0.4 is 10.6 Å². The van der Waals surface area contributed by atoms with E-state index in [1.54, 1.807) is 0 Å². The first-order valence-corrected chi connectivity index (χ1v) is 8.07. The van der Waals surface area contributed by atoms with Gasteiger partial charge in [0.05, 0.1) is 0 Å². The number of nitrogens with two attached hydrogens (primary N) is 1. The lowest BCUT2D eigenvalue weighted by Crippen LogP contribution is -2.28. The van der Waals surface area contributed by atoms with Crippen LogP contribution >= 0.6 is 0 Å². The lowest BCUT2D eigenvalue weighted by molar-refractivity contribution is 0.568. The summed E-state index contributed by atoms with van der Waals surface area (Å²) >= 11 is 0. The van der Waals surface area contributed by atoms with Gasteiger partial charge >= 0.3 is 0 Å². The Bertz CT molecular complexity index is 395. The van der Waals surface area contributed by atoms with Gasteiger partial charge in [-0.1, -0.05) is 26.8 Å². The van der Waals surface area contributed by atoms with Crippen molar-refractivity contribution in [2.75, 3.05) is 11.4 Å². The molecule has 0 radical (unpaired) electrons. The Labute approximate surface area is 123 Å². The van der Waals surface area contributed by atoms with Gasteiger partial charge in [0.2, 0.25) is 0 Å². The van der Waals surface area contributed by atoms with Crippen LogP contribution in [0.4, 0.5) is 5.82 Å². The lowest BCUT2D eigenvalue weighted by Gasteiger charge is -2.24. The van der Waals surface area contributed by atoms with Crippen molar-refractivity contribution >= 4 is 5.82 Å². The second-order valence-corrected chi connectivity index (χ2v) is 6.50. The van der Waals surface area contributed by atoms with Crippen molar-refractivity contribution in [3.63, 3.8) is 0 Å². The maximum Gasteiger partial charge on any atom is 0.128 e. The van der Waals surface area contributed by atoms with Crippen LogP contribution in [0.1, 0.15) is 52.0 Å². The van der Waals surface area contributed by atoms with Gasteiger partial charge in [0.25, 0.3) is 0 Å². The summed E-state index contributed by atoms with van der Waals surface area (Å²) in [6.07, 6.45) is 7.84. The highest BCUT2D eigenvalue weighted by Crippen LogP contribution is 2.31. The summed E-state index contributed by atoms with van der Waals surface area (Å²) in [5.41, 5.74) is 7.26. The fraction of sp³-hybridized carbons (Fsp3) is 0.706. The van der Waals surface area contributed by atoms with E-state index in [1.807, 2.05) is 6.20 Å². The molecular weight excluding hydrogens is 246 g/mol. The quantitative estimate of drug-likeness (QED) is 0.791. The van der Waals surface area contributed by atoms with E-state index in [1.165, 1.54) is 24.8 Å². The second-order valence-electron chi connectivity index (χ2n) is 6.50. The van der Waals surface area contributed by atoms with Gasteiger partial charge < -0.3 is 10.6 Å². The van der Waals surface area contributed by atoms with Crippen LogP contribution in [0.5, 0.6) is 0 Å². The molecule has 1 aliphatic carbocycles. The van der Waals surface area contributed by atoms with E-state index >= 15 is 0 Å².